The Morgan fingerprint density at radius 3 is 2.05 bits per heavy atom. The SMILES string of the molecule is CN1CCN(C(=O)CC2(C(=O)O)CCCCCC2)CC1. The number of nitrogens with zero attached hydrogens (tertiary/aromatic N) is 2. The van der Waals surface area contributed by atoms with Crippen LogP contribution in [0, 0.1) is 5.41 Å². The third-order valence-electron chi connectivity index (χ3n) is 4.86. The Balaban J connectivity index is 2.00. The molecule has 2 aliphatic rings. The van der Waals surface area contributed by atoms with Crippen LogP contribution in [0.1, 0.15) is 44.9 Å². The number of carboxylic acid groups (broad SMARTS) is 1. The van der Waals surface area contributed by atoms with Crippen molar-refractivity contribution in [1.29, 1.82) is 0 Å². The van der Waals surface area contributed by atoms with Gasteiger partial charge in [-0.05, 0) is 19.9 Å². The van der Waals surface area contributed by atoms with Crippen LogP contribution in [0.3, 0.4) is 0 Å². The number of piperazine rings is 1. The van der Waals surface area contributed by atoms with Crippen LogP contribution < -0.4 is 0 Å². The number of carboxylic acids is 1. The molecule has 1 aliphatic carbocycles. The molecule has 0 atom stereocenters. The molecule has 0 bridgehead atoms. The van der Waals surface area contributed by atoms with Gasteiger partial charge in [-0.1, -0.05) is 25.7 Å². The van der Waals surface area contributed by atoms with Gasteiger partial charge in [-0.3, -0.25) is 9.59 Å². The fraction of sp³-hybridized carbons (Fsp3) is 0.867. The zero-order valence-electron chi connectivity index (χ0n) is 12.4. The number of aliphatic carboxylic acids is 1. The molecular formula is C15H26N2O3. The normalized spacial score (nSPS) is 24.1. The van der Waals surface area contributed by atoms with Crippen LogP contribution in [-0.2, 0) is 9.59 Å². The van der Waals surface area contributed by atoms with Crippen LogP contribution >= 0.6 is 0 Å². The number of hydrogen-bond donors (Lipinski definition) is 1. The van der Waals surface area contributed by atoms with Gasteiger partial charge in [0, 0.05) is 32.6 Å². The Morgan fingerprint density at radius 1 is 1.00 bits per heavy atom. The fourth-order valence-electron chi connectivity index (χ4n) is 3.33. The zero-order chi connectivity index (χ0) is 14.6. The predicted octanol–water partition coefficient (Wildman–Crippen LogP) is 1.58. The monoisotopic (exact) mass is 282 g/mol. The lowest BCUT2D eigenvalue weighted by Crippen LogP contribution is -2.49. The quantitative estimate of drug-likeness (QED) is 0.798. The lowest BCUT2D eigenvalue weighted by atomic mass is 9.77. The summed E-state index contributed by atoms with van der Waals surface area (Å²) in [5, 5.41) is 9.62. The number of amides is 1. The molecule has 20 heavy (non-hydrogen) atoms. The van der Waals surface area contributed by atoms with E-state index in [0.29, 0.717) is 12.8 Å². The molecule has 114 valence electrons. The van der Waals surface area contributed by atoms with E-state index < -0.39 is 11.4 Å². The first-order valence-corrected chi connectivity index (χ1v) is 7.73. The molecule has 2 fully saturated rings. The highest BCUT2D eigenvalue weighted by Gasteiger charge is 2.41. The molecule has 1 amide bonds. The standard InChI is InChI=1S/C15H26N2O3/c1-16-8-10-17(11-9-16)13(18)12-15(14(19)20)6-4-2-3-5-7-15/h2-12H2,1H3,(H,19,20). The summed E-state index contributed by atoms with van der Waals surface area (Å²) >= 11 is 0. The van der Waals surface area contributed by atoms with Crippen LogP contribution in [0.5, 0.6) is 0 Å². The van der Waals surface area contributed by atoms with Gasteiger partial charge in [0.05, 0.1) is 5.41 Å². The predicted molar refractivity (Wildman–Crippen MR) is 76.5 cm³/mol. The maximum atomic E-state index is 12.4. The third kappa shape index (κ3) is 3.51. The lowest BCUT2D eigenvalue weighted by Gasteiger charge is -2.35. The molecule has 0 unspecified atom stereocenters. The van der Waals surface area contributed by atoms with E-state index in [0.717, 1.165) is 51.9 Å². The molecule has 5 nitrogen and oxygen atoms in total. The number of carbonyl (C=O) groups excluding carboxylic acids is 1. The summed E-state index contributed by atoms with van der Waals surface area (Å²) in [4.78, 5) is 28.2. The van der Waals surface area contributed by atoms with E-state index in [-0.39, 0.29) is 12.3 Å². The molecule has 1 heterocycles. The maximum Gasteiger partial charge on any atom is 0.310 e. The fourth-order valence-corrected chi connectivity index (χ4v) is 3.33. The highest BCUT2D eigenvalue weighted by molar-refractivity contribution is 5.85. The van der Waals surface area contributed by atoms with Crippen molar-refractivity contribution in [3.05, 3.63) is 0 Å². The Morgan fingerprint density at radius 2 is 1.55 bits per heavy atom. The van der Waals surface area contributed by atoms with Gasteiger partial charge < -0.3 is 14.9 Å². The molecule has 1 aliphatic heterocycles. The second-order valence-corrected chi connectivity index (χ2v) is 6.36. The van der Waals surface area contributed by atoms with Crippen LogP contribution in [0.2, 0.25) is 0 Å². The van der Waals surface area contributed by atoms with Crippen LogP contribution in [-0.4, -0.2) is 60.0 Å². The van der Waals surface area contributed by atoms with Gasteiger partial charge >= 0.3 is 5.97 Å². The molecule has 1 saturated heterocycles. The summed E-state index contributed by atoms with van der Waals surface area (Å²) in [6.07, 6.45) is 5.55. The van der Waals surface area contributed by atoms with Crippen molar-refractivity contribution < 1.29 is 14.7 Å². The number of hydrogen-bond acceptors (Lipinski definition) is 3. The summed E-state index contributed by atoms with van der Waals surface area (Å²) in [6, 6.07) is 0. The summed E-state index contributed by atoms with van der Waals surface area (Å²) in [6.45, 7) is 3.22. The van der Waals surface area contributed by atoms with Crippen LogP contribution in [0.15, 0.2) is 0 Å². The van der Waals surface area contributed by atoms with Crippen molar-refractivity contribution in [2.45, 2.75) is 44.9 Å². The van der Waals surface area contributed by atoms with E-state index in [4.69, 9.17) is 0 Å². The minimum absolute atomic E-state index is 0.0300. The molecule has 0 aromatic rings. The van der Waals surface area contributed by atoms with Crippen molar-refractivity contribution in [2.24, 2.45) is 5.41 Å². The third-order valence-corrected chi connectivity index (χ3v) is 4.86. The zero-order valence-corrected chi connectivity index (χ0v) is 12.4. The van der Waals surface area contributed by atoms with Gasteiger partial charge in [0.1, 0.15) is 0 Å². The molecule has 0 aromatic heterocycles. The first-order valence-electron chi connectivity index (χ1n) is 7.73. The Labute approximate surface area is 120 Å². The number of carbonyl (C=O) groups is 2. The van der Waals surface area contributed by atoms with E-state index in [1.165, 1.54) is 0 Å². The average molecular weight is 282 g/mol. The topological polar surface area (TPSA) is 60.9 Å². The summed E-state index contributed by atoms with van der Waals surface area (Å²) < 4.78 is 0. The highest BCUT2D eigenvalue weighted by atomic mass is 16.4. The molecule has 0 aromatic carbocycles. The Kier molecular flexibility index (Phi) is 5.02. The average Bonchev–Trinajstić information content (AvgIpc) is 2.66. The molecule has 0 radical (unpaired) electrons. The largest absolute Gasteiger partial charge is 0.481 e. The molecule has 5 heteroatoms. The Bertz CT molecular complexity index is 354. The van der Waals surface area contributed by atoms with Crippen molar-refractivity contribution in [2.75, 3.05) is 33.2 Å². The van der Waals surface area contributed by atoms with Crippen molar-refractivity contribution in [3.8, 4) is 0 Å². The lowest BCUT2D eigenvalue weighted by molar-refractivity contribution is -0.155. The maximum absolute atomic E-state index is 12.4. The van der Waals surface area contributed by atoms with E-state index in [2.05, 4.69) is 4.90 Å². The summed E-state index contributed by atoms with van der Waals surface area (Å²) in [5.41, 5.74) is -0.809. The smallest absolute Gasteiger partial charge is 0.310 e. The van der Waals surface area contributed by atoms with E-state index in [1.54, 1.807) is 0 Å². The van der Waals surface area contributed by atoms with Gasteiger partial charge in [0.2, 0.25) is 5.91 Å². The number of rotatable bonds is 3. The minimum Gasteiger partial charge on any atom is -0.481 e. The summed E-state index contributed by atoms with van der Waals surface area (Å²) in [5.74, 6) is -0.746. The van der Waals surface area contributed by atoms with Gasteiger partial charge in [-0.2, -0.15) is 0 Å². The van der Waals surface area contributed by atoms with E-state index in [9.17, 15) is 14.7 Å². The van der Waals surface area contributed by atoms with Crippen molar-refractivity contribution in [1.82, 2.24) is 9.80 Å². The second kappa shape index (κ2) is 6.57. The van der Waals surface area contributed by atoms with E-state index >= 15 is 0 Å². The molecule has 2 rings (SSSR count). The van der Waals surface area contributed by atoms with Crippen molar-refractivity contribution in [3.63, 3.8) is 0 Å². The van der Waals surface area contributed by atoms with E-state index in [1.807, 2.05) is 11.9 Å². The first-order chi connectivity index (χ1) is 9.53. The first kappa shape index (κ1) is 15.3. The molecular weight excluding hydrogens is 256 g/mol. The molecule has 0 spiro atoms. The summed E-state index contributed by atoms with van der Waals surface area (Å²) in [7, 11) is 2.05. The van der Waals surface area contributed by atoms with Gasteiger partial charge in [0.15, 0.2) is 0 Å². The molecule has 1 saturated carbocycles. The van der Waals surface area contributed by atoms with Crippen LogP contribution in [0.4, 0.5) is 0 Å². The minimum atomic E-state index is -0.809. The van der Waals surface area contributed by atoms with Crippen molar-refractivity contribution >= 4 is 11.9 Å². The van der Waals surface area contributed by atoms with Gasteiger partial charge in [0.25, 0.3) is 0 Å². The van der Waals surface area contributed by atoms with Gasteiger partial charge in [-0.25, -0.2) is 0 Å². The van der Waals surface area contributed by atoms with Gasteiger partial charge in [-0.15, -0.1) is 0 Å². The second-order valence-electron chi connectivity index (χ2n) is 6.36. The Hall–Kier alpha value is -1.10. The molecule has 1 N–H and O–H groups in total. The highest BCUT2D eigenvalue weighted by Crippen LogP contribution is 2.39. The van der Waals surface area contributed by atoms with Crippen LogP contribution in [0.25, 0.3) is 0 Å². The number of likely N-dealkylation sites (N-methyl/N-ethyl adjacent to an activating group) is 1.